The van der Waals surface area contributed by atoms with Gasteiger partial charge in [0.2, 0.25) is 15.9 Å². The van der Waals surface area contributed by atoms with Crippen LogP contribution < -0.4 is 14.4 Å². The minimum absolute atomic E-state index is 0.243. The number of hydrogen-bond acceptors (Lipinski definition) is 4. The van der Waals surface area contributed by atoms with Crippen LogP contribution >= 0.6 is 0 Å². The number of anilines is 2. The molecule has 0 heterocycles. The van der Waals surface area contributed by atoms with E-state index in [1.165, 1.54) is 25.1 Å². The van der Waals surface area contributed by atoms with Gasteiger partial charge in [0.25, 0.3) is 0 Å². The van der Waals surface area contributed by atoms with E-state index in [0.717, 1.165) is 16.6 Å². The molecule has 0 aliphatic rings. The Bertz CT molecular complexity index is 1120. The Morgan fingerprint density at radius 1 is 0.967 bits per heavy atom. The average molecular weight is 428 g/mol. The summed E-state index contributed by atoms with van der Waals surface area (Å²) in [6.45, 7) is 1.46. The van der Waals surface area contributed by atoms with Crippen LogP contribution in [0.1, 0.15) is 6.92 Å². The van der Waals surface area contributed by atoms with Gasteiger partial charge in [0.1, 0.15) is 23.4 Å². The number of benzene rings is 3. The number of nitrogens with zero attached hydrogens (tertiary/aromatic N) is 1. The topological polar surface area (TPSA) is 75.7 Å². The highest BCUT2D eigenvalue weighted by Crippen LogP contribution is 2.27. The lowest BCUT2D eigenvalue weighted by molar-refractivity contribution is -0.116. The number of nitrogens with one attached hydrogen (secondary N) is 1. The molecule has 1 amide bonds. The Balaban J connectivity index is 1.80. The van der Waals surface area contributed by atoms with Gasteiger partial charge in [0.15, 0.2) is 0 Å². The van der Waals surface area contributed by atoms with Crippen LogP contribution in [-0.4, -0.2) is 26.6 Å². The van der Waals surface area contributed by atoms with Gasteiger partial charge in [-0.3, -0.25) is 9.10 Å². The Morgan fingerprint density at radius 3 is 2.20 bits per heavy atom. The Hall–Kier alpha value is -3.39. The molecule has 8 heteroatoms. The number of carbonyl (C=O) groups is 1. The molecule has 30 heavy (non-hydrogen) atoms. The Kier molecular flexibility index (Phi) is 6.37. The second kappa shape index (κ2) is 8.96. The Morgan fingerprint density at radius 2 is 1.60 bits per heavy atom. The highest BCUT2D eigenvalue weighted by Gasteiger charge is 2.29. The van der Waals surface area contributed by atoms with Crippen LogP contribution in [0.3, 0.4) is 0 Å². The maximum Gasteiger partial charge on any atom is 0.247 e. The summed E-state index contributed by atoms with van der Waals surface area (Å²) in [4.78, 5) is 12.6. The number of ether oxygens (including phenoxy) is 1. The number of para-hydroxylation sites is 1. The third kappa shape index (κ3) is 5.36. The fourth-order valence-electron chi connectivity index (χ4n) is 2.91. The summed E-state index contributed by atoms with van der Waals surface area (Å²) < 4.78 is 44.9. The molecule has 3 rings (SSSR count). The largest absolute Gasteiger partial charge is 0.457 e. The number of hydrogen-bond donors (Lipinski definition) is 1. The van der Waals surface area contributed by atoms with Gasteiger partial charge in [-0.1, -0.05) is 24.3 Å². The van der Waals surface area contributed by atoms with Gasteiger partial charge >= 0.3 is 0 Å². The maximum atomic E-state index is 13.4. The smallest absolute Gasteiger partial charge is 0.247 e. The first-order chi connectivity index (χ1) is 14.2. The summed E-state index contributed by atoms with van der Waals surface area (Å²) in [7, 11) is -3.78. The van der Waals surface area contributed by atoms with E-state index in [1.807, 2.05) is 18.2 Å². The van der Waals surface area contributed by atoms with Crippen molar-refractivity contribution < 1.29 is 22.3 Å². The van der Waals surface area contributed by atoms with Gasteiger partial charge in [0.05, 0.1) is 11.9 Å². The molecule has 0 unspecified atom stereocenters. The third-order valence-corrected chi connectivity index (χ3v) is 5.49. The lowest BCUT2D eigenvalue weighted by Crippen LogP contribution is -2.45. The lowest BCUT2D eigenvalue weighted by Gasteiger charge is -2.28. The standard InChI is InChI=1S/C22H21FN2O4S/c1-16(22(26)24-18-8-6-7-17(23)15-18)25(30(2,27)28)19-11-13-21(14-12-19)29-20-9-4-3-5-10-20/h3-16H,1-2H3,(H,24,26)/t16-/m0/s1. The summed E-state index contributed by atoms with van der Waals surface area (Å²) in [5.74, 6) is 0.0772. The average Bonchev–Trinajstić information content (AvgIpc) is 2.69. The van der Waals surface area contributed by atoms with Crippen LogP contribution in [-0.2, 0) is 14.8 Å². The van der Waals surface area contributed by atoms with Crippen molar-refractivity contribution >= 4 is 27.3 Å². The van der Waals surface area contributed by atoms with Crippen LogP contribution in [0.25, 0.3) is 0 Å². The van der Waals surface area contributed by atoms with E-state index >= 15 is 0 Å². The molecule has 0 aliphatic carbocycles. The van der Waals surface area contributed by atoms with Crippen molar-refractivity contribution in [1.29, 1.82) is 0 Å². The number of halogens is 1. The van der Waals surface area contributed by atoms with Crippen LogP contribution in [0, 0.1) is 5.82 Å². The first-order valence-electron chi connectivity index (χ1n) is 9.13. The van der Waals surface area contributed by atoms with E-state index in [9.17, 15) is 17.6 Å². The van der Waals surface area contributed by atoms with Gasteiger partial charge < -0.3 is 10.1 Å². The van der Waals surface area contributed by atoms with E-state index in [2.05, 4.69) is 5.32 Å². The minimum atomic E-state index is -3.78. The van der Waals surface area contributed by atoms with E-state index in [0.29, 0.717) is 17.2 Å². The lowest BCUT2D eigenvalue weighted by atomic mass is 10.2. The number of carbonyl (C=O) groups excluding carboxylic acids is 1. The van der Waals surface area contributed by atoms with E-state index in [1.54, 1.807) is 36.4 Å². The van der Waals surface area contributed by atoms with Crippen molar-refractivity contribution in [3.05, 3.63) is 84.7 Å². The SMILES string of the molecule is C[C@@H](C(=O)Nc1cccc(F)c1)N(c1ccc(Oc2ccccc2)cc1)S(C)(=O)=O. The van der Waals surface area contributed by atoms with Gasteiger partial charge in [-0.05, 0) is 61.5 Å². The first-order valence-corrected chi connectivity index (χ1v) is 11.0. The fourth-order valence-corrected chi connectivity index (χ4v) is 4.08. The summed E-state index contributed by atoms with van der Waals surface area (Å²) in [5.41, 5.74) is 0.548. The van der Waals surface area contributed by atoms with E-state index in [-0.39, 0.29) is 5.69 Å². The second-order valence-electron chi connectivity index (χ2n) is 6.64. The fraction of sp³-hybridized carbons (Fsp3) is 0.136. The summed E-state index contributed by atoms with van der Waals surface area (Å²) in [5, 5.41) is 2.54. The maximum absolute atomic E-state index is 13.4. The van der Waals surface area contributed by atoms with Crippen molar-refractivity contribution in [3.63, 3.8) is 0 Å². The number of amides is 1. The van der Waals surface area contributed by atoms with Crippen molar-refractivity contribution in [3.8, 4) is 11.5 Å². The third-order valence-electron chi connectivity index (χ3n) is 4.25. The monoisotopic (exact) mass is 428 g/mol. The van der Waals surface area contributed by atoms with Gasteiger partial charge in [0, 0.05) is 5.69 Å². The zero-order chi connectivity index (χ0) is 21.7. The van der Waals surface area contributed by atoms with Crippen molar-refractivity contribution in [1.82, 2.24) is 0 Å². The highest BCUT2D eigenvalue weighted by molar-refractivity contribution is 7.92. The van der Waals surface area contributed by atoms with Crippen molar-refractivity contribution in [2.45, 2.75) is 13.0 Å². The molecule has 1 atom stereocenters. The van der Waals surface area contributed by atoms with Crippen molar-refractivity contribution in [2.24, 2.45) is 0 Å². The van der Waals surface area contributed by atoms with Crippen LogP contribution in [0.2, 0.25) is 0 Å². The summed E-state index contributed by atoms with van der Waals surface area (Å²) >= 11 is 0. The zero-order valence-corrected chi connectivity index (χ0v) is 17.3. The first kappa shape index (κ1) is 21.3. The number of sulfonamides is 1. The number of rotatable bonds is 7. The second-order valence-corrected chi connectivity index (χ2v) is 8.50. The zero-order valence-electron chi connectivity index (χ0n) is 16.4. The van der Waals surface area contributed by atoms with E-state index in [4.69, 9.17) is 4.74 Å². The molecule has 0 aliphatic heterocycles. The van der Waals surface area contributed by atoms with Gasteiger partial charge in [-0.15, -0.1) is 0 Å². The predicted octanol–water partition coefficient (Wildman–Crippen LogP) is 4.41. The predicted molar refractivity (Wildman–Crippen MR) is 115 cm³/mol. The normalized spacial score (nSPS) is 12.1. The quantitative estimate of drug-likeness (QED) is 0.605. The highest BCUT2D eigenvalue weighted by atomic mass is 32.2. The van der Waals surface area contributed by atoms with Crippen molar-refractivity contribution in [2.75, 3.05) is 15.9 Å². The molecular weight excluding hydrogens is 407 g/mol. The van der Waals surface area contributed by atoms with E-state index < -0.39 is 27.8 Å². The summed E-state index contributed by atoms with van der Waals surface area (Å²) in [6.07, 6.45) is 1.02. The molecule has 0 spiro atoms. The molecule has 3 aromatic carbocycles. The van der Waals surface area contributed by atoms with Crippen LogP contribution in [0.5, 0.6) is 11.5 Å². The van der Waals surface area contributed by atoms with Crippen LogP contribution in [0.4, 0.5) is 15.8 Å². The molecule has 0 aromatic heterocycles. The molecule has 6 nitrogen and oxygen atoms in total. The Labute approximate surface area is 175 Å². The van der Waals surface area contributed by atoms with Crippen LogP contribution in [0.15, 0.2) is 78.9 Å². The van der Waals surface area contributed by atoms with Gasteiger partial charge in [-0.25, -0.2) is 12.8 Å². The van der Waals surface area contributed by atoms with Gasteiger partial charge in [-0.2, -0.15) is 0 Å². The molecule has 0 saturated carbocycles. The summed E-state index contributed by atoms with van der Waals surface area (Å²) in [6, 6.07) is 19.8. The minimum Gasteiger partial charge on any atom is -0.457 e. The molecule has 3 aromatic rings. The molecule has 156 valence electrons. The molecule has 0 saturated heterocycles. The molecule has 0 bridgehead atoms. The molecule has 1 N–H and O–H groups in total. The molecule has 0 fully saturated rings. The molecular formula is C22H21FN2O4S. The molecule has 0 radical (unpaired) electrons.